The fourth-order valence-electron chi connectivity index (χ4n) is 2.13. The molecule has 1 N–H and O–H groups in total. The van der Waals surface area contributed by atoms with Crippen LogP contribution in [0.4, 0.5) is 0 Å². The molecule has 0 aromatic carbocycles. The van der Waals surface area contributed by atoms with Crippen molar-refractivity contribution < 1.29 is 4.74 Å². The predicted octanol–water partition coefficient (Wildman–Crippen LogP) is 1.73. The highest BCUT2D eigenvalue weighted by molar-refractivity contribution is 4.85. The van der Waals surface area contributed by atoms with E-state index in [1.807, 2.05) is 0 Å². The Morgan fingerprint density at radius 1 is 1.38 bits per heavy atom. The van der Waals surface area contributed by atoms with E-state index in [9.17, 15) is 0 Å². The minimum atomic E-state index is 0.640. The van der Waals surface area contributed by atoms with Gasteiger partial charge in [0.25, 0.3) is 0 Å². The van der Waals surface area contributed by atoms with Gasteiger partial charge in [-0.25, -0.2) is 0 Å². The van der Waals surface area contributed by atoms with Crippen LogP contribution in [0.25, 0.3) is 0 Å². The van der Waals surface area contributed by atoms with Gasteiger partial charge in [0.15, 0.2) is 0 Å². The van der Waals surface area contributed by atoms with Crippen molar-refractivity contribution in [3.8, 4) is 0 Å². The first-order valence-electron chi connectivity index (χ1n) is 6.65. The quantitative estimate of drug-likeness (QED) is 0.650. The molecule has 1 atom stereocenters. The van der Waals surface area contributed by atoms with E-state index in [0.717, 1.165) is 32.3 Å². The van der Waals surface area contributed by atoms with Crippen LogP contribution in [0.2, 0.25) is 0 Å². The summed E-state index contributed by atoms with van der Waals surface area (Å²) in [5, 5.41) is 3.65. The van der Waals surface area contributed by atoms with E-state index in [-0.39, 0.29) is 0 Å². The Kier molecular flexibility index (Phi) is 6.32. The number of hydrogen-bond acceptors (Lipinski definition) is 3. The minimum absolute atomic E-state index is 0.640. The number of likely N-dealkylation sites (N-methyl/N-ethyl adjacent to an activating group) is 1. The summed E-state index contributed by atoms with van der Waals surface area (Å²) >= 11 is 0. The zero-order chi connectivity index (χ0) is 12.0. The monoisotopic (exact) mass is 228 g/mol. The lowest BCUT2D eigenvalue weighted by Gasteiger charge is -2.33. The summed E-state index contributed by atoms with van der Waals surface area (Å²) in [5.74, 6) is 0.697. The van der Waals surface area contributed by atoms with Crippen LogP contribution in [-0.2, 0) is 4.74 Å². The van der Waals surface area contributed by atoms with E-state index < -0.39 is 0 Å². The van der Waals surface area contributed by atoms with Crippen LogP contribution >= 0.6 is 0 Å². The lowest BCUT2D eigenvalue weighted by molar-refractivity contribution is 0.103. The van der Waals surface area contributed by atoms with Gasteiger partial charge in [-0.1, -0.05) is 20.8 Å². The average molecular weight is 228 g/mol. The Balaban J connectivity index is 2.36. The highest BCUT2D eigenvalue weighted by atomic mass is 16.5. The third-order valence-corrected chi connectivity index (χ3v) is 3.42. The van der Waals surface area contributed by atoms with Crippen LogP contribution in [0.15, 0.2) is 0 Å². The van der Waals surface area contributed by atoms with Crippen LogP contribution < -0.4 is 5.32 Å². The summed E-state index contributed by atoms with van der Waals surface area (Å²) in [5.41, 5.74) is 0. The second-order valence-electron chi connectivity index (χ2n) is 5.12. The van der Waals surface area contributed by atoms with Gasteiger partial charge >= 0.3 is 0 Å². The Labute approximate surface area is 101 Å². The molecule has 1 unspecified atom stereocenters. The van der Waals surface area contributed by atoms with Crippen molar-refractivity contribution in [1.29, 1.82) is 0 Å². The molecule has 0 spiro atoms. The second-order valence-corrected chi connectivity index (χ2v) is 5.12. The molecule has 0 amide bonds. The van der Waals surface area contributed by atoms with Crippen LogP contribution in [0, 0.1) is 5.92 Å². The van der Waals surface area contributed by atoms with Gasteiger partial charge in [0.1, 0.15) is 0 Å². The molecule has 0 bridgehead atoms. The Morgan fingerprint density at radius 2 is 2.06 bits per heavy atom. The summed E-state index contributed by atoms with van der Waals surface area (Å²) < 4.78 is 5.18. The topological polar surface area (TPSA) is 24.5 Å². The van der Waals surface area contributed by atoms with E-state index in [0.29, 0.717) is 12.0 Å². The number of rotatable bonds is 9. The van der Waals surface area contributed by atoms with Crippen molar-refractivity contribution in [3.05, 3.63) is 0 Å². The fourth-order valence-corrected chi connectivity index (χ4v) is 2.13. The molecule has 1 rings (SSSR count). The van der Waals surface area contributed by atoms with Gasteiger partial charge in [0.2, 0.25) is 0 Å². The SMILES string of the molecule is CCN(CCOC)C(CNC1CC1)C(C)C. The Bertz CT molecular complexity index is 181. The van der Waals surface area contributed by atoms with Gasteiger partial charge in [-0.15, -0.1) is 0 Å². The molecule has 16 heavy (non-hydrogen) atoms. The van der Waals surface area contributed by atoms with Crippen LogP contribution in [0.3, 0.4) is 0 Å². The van der Waals surface area contributed by atoms with Gasteiger partial charge < -0.3 is 10.1 Å². The molecule has 96 valence electrons. The molecule has 0 aromatic rings. The summed E-state index contributed by atoms with van der Waals surface area (Å²) in [6.07, 6.45) is 2.74. The molecular weight excluding hydrogens is 200 g/mol. The first-order valence-corrected chi connectivity index (χ1v) is 6.65. The van der Waals surface area contributed by atoms with Crippen molar-refractivity contribution >= 4 is 0 Å². The minimum Gasteiger partial charge on any atom is -0.383 e. The zero-order valence-corrected chi connectivity index (χ0v) is 11.3. The summed E-state index contributed by atoms with van der Waals surface area (Å²) in [4.78, 5) is 2.53. The third kappa shape index (κ3) is 4.81. The van der Waals surface area contributed by atoms with Gasteiger partial charge in [-0.05, 0) is 25.3 Å². The van der Waals surface area contributed by atoms with E-state index in [2.05, 4.69) is 31.0 Å². The highest BCUT2D eigenvalue weighted by Gasteiger charge is 2.25. The first kappa shape index (κ1) is 13.9. The number of hydrogen-bond donors (Lipinski definition) is 1. The maximum atomic E-state index is 5.18. The average Bonchev–Trinajstić information content (AvgIpc) is 3.06. The normalized spacial score (nSPS) is 18.4. The number of nitrogens with zero attached hydrogens (tertiary/aromatic N) is 1. The standard InChI is InChI=1S/C13H28N2O/c1-5-15(8-9-16-4)13(11(2)3)10-14-12-6-7-12/h11-14H,5-10H2,1-4H3. The van der Waals surface area contributed by atoms with Crippen molar-refractivity contribution in [2.75, 3.05) is 33.4 Å². The molecular formula is C13H28N2O. The summed E-state index contributed by atoms with van der Waals surface area (Å²) in [7, 11) is 1.78. The lowest BCUT2D eigenvalue weighted by atomic mass is 10.0. The van der Waals surface area contributed by atoms with Crippen LogP contribution in [-0.4, -0.2) is 50.3 Å². The van der Waals surface area contributed by atoms with Crippen LogP contribution in [0.1, 0.15) is 33.6 Å². The molecule has 0 aliphatic heterocycles. The molecule has 1 aliphatic carbocycles. The molecule has 0 saturated heterocycles. The van der Waals surface area contributed by atoms with E-state index >= 15 is 0 Å². The van der Waals surface area contributed by atoms with Gasteiger partial charge in [-0.3, -0.25) is 4.90 Å². The number of nitrogens with one attached hydrogen (secondary N) is 1. The predicted molar refractivity (Wildman–Crippen MR) is 68.8 cm³/mol. The molecule has 0 radical (unpaired) electrons. The van der Waals surface area contributed by atoms with E-state index in [1.54, 1.807) is 7.11 Å². The Hall–Kier alpha value is -0.120. The third-order valence-electron chi connectivity index (χ3n) is 3.42. The van der Waals surface area contributed by atoms with Crippen molar-refractivity contribution in [3.63, 3.8) is 0 Å². The number of ether oxygens (including phenoxy) is 1. The zero-order valence-electron chi connectivity index (χ0n) is 11.3. The first-order chi connectivity index (χ1) is 7.69. The summed E-state index contributed by atoms with van der Waals surface area (Å²) in [6.45, 7) is 11.0. The molecule has 1 aliphatic rings. The van der Waals surface area contributed by atoms with Crippen molar-refractivity contribution in [2.24, 2.45) is 5.92 Å². The maximum absolute atomic E-state index is 5.18. The summed E-state index contributed by atoms with van der Waals surface area (Å²) in [6, 6.07) is 1.45. The van der Waals surface area contributed by atoms with E-state index in [1.165, 1.54) is 12.8 Å². The van der Waals surface area contributed by atoms with Crippen LogP contribution in [0.5, 0.6) is 0 Å². The molecule has 3 nitrogen and oxygen atoms in total. The molecule has 0 heterocycles. The smallest absolute Gasteiger partial charge is 0.0589 e. The molecule has 1 saturated carbocycles. The number of methoxy groups -OCH3 is 1. The highest BCUT2D eigenvalue weighted by Crippen LogP contribution is 2.19. The molecule has 3 heteroatoms. The van der Waals surface area contributed by atoms with Crippen molar-refractivity contribution in [2.45, 2.75) is 45.7 Å². The molecule has 0 aromatic heterocycles. The van der Waals surface area contributed by atoms with Gasteiger partial charge in [-0.2, -0.15) is 0 Å². The maximum Gasteiger partial charge on any atom is 0.0589 e. The van der Waals surface area contributed by atoms with E-state index in [4.69, 9.17) is 4.74 Å². The van der Waals surface area contributed by atoms with Crippen molar-refractivity contribution in [1.82, 2.24) is 10.2 Å². The van der Waals surface area contributed by atoms with Gasteiger partial charge in [0.05, 0.1) is 6.61 Å². The van der Waals surface area contributed by atoms with Gasteiger partial charge in [0, 0.05) is 32.3 Å². The fraction of sp³-hybridized carbons (Fsp3) is 1.00. The second kappa shape index (κ2) is 7.25. The largest absolute Gasteiger partial charge is 0.383 e. The Morgan fingerprint density at radius 3 is 2.50 bits per heavy atom. The molecule has 1 fully saturated rings. The lowest BCUT2D eigenvalue weighted by Crippen LogP contribution is -2.47.